The summed E-state index contributed by atoms with van der Waals surface area (Å²) in [6, 6.07) is 6.24. The van der Waals surface area contributed by atoms with Gasteiger partial charge in [-0.1, -0.05) is 0 Å². The number of primary amides is 1. The van der Waals surface area contributed by atoms with Gasteiger partial charge in [-0.3, -0.25) is 0 Å². The summed E-state index contributed by atoms with van der Waals surface area (Å²) in [6.45, 7) is 6.64. The number of fused-ring (bicyclic) bond motifs is 1. The van der Waals surface area contributed by atoms with Crippen molar-refractivity contribution in [3.05, 3.63) is 37.4 Å². The summed E-state index contributed by atoms with van der Waals surface area (Å²) in [7, 11) is 0. The van der Waals surface area contributed by atoms with Gasteiger partial charge in [0.2, 0.25) is 0 Å². The number of likely N-dealkylation sites (tertiary alicyclic amines) is 1. The van der Waals surface area contributed by atoms with Gasteiger partial charge in [-0.05, 0) is 0 Å². The van der Waals surface area contributed by atoms with Gasteiger partial charge in [-0.15, -0.1) is 0 Å². The third kappa shape index (κ3) is 6.25. The number of nitrogens with one attached hydrogen (secondary N) is 1. The molecule has 3 aliphatic heterocycles. The molecule has 194 valence electrons. The molecule has 3 N–H and O–H groups in total. The van der Waals surface area contributed by atoms with E-state index in [9.17, 15) is 9.59 Å². The molecule has 0 saturated carbocycles. The number of hydrogen-bond donors (Lipinski definition) is 2. The number of carbonyl (C=O) groups is 2. The number of nitrogens with zero attached hydrogens (tertiary/aromatic N) is 4. The summed E-state index contributed by atoms with van der Waals surface area (Å²) in [4.78, 5) is 37.5. The number of nitrogens with two attached hydrogens (primary N) is 1. The van der Waals surface area contributed by atoms with E-state index in [0.717, 1.165) is 52.2 Å². The van der Waals surface area contributed by atoms with Crippen molar-refractivity contribution in [3.63, 3.8) is 0 Å². The van der Waals surface area contributed by atoms with Crippen LogP contribution in [0.3, 0.4) is 0 Å². The van der Waals surface area contributed by atoms with Crippen LogP contribution < -0.4 is 40.1 Å². The first kappa shape index (κ1) is 26.7. The average molecular weight is 809 g/mol. The van der Waals surface area contributed by atoms with Crippen molar-refractivity contribution < 1.29 is 40.3 Å². The molecule has 0 radical (unpaired) electrons. The number of halogens is 1. The monoisotopic (exact) mass is 809 g/mol. The van der Waals surface area contributed by atoms with Crippen molar-refractivity contribution in [2.24, 2.45) is 5.73 Å². The van der Waals surface area contributed by atoms with E-state index in [4.69, 9.17) is 15.2 Å². The molecule has 0 unspecified atom stereocenters. The molecule has 37 heavy (non-hydrogen) atoms. The normalized spacial score (nSPS) is 18.8. The second-order valence-corrected chi connectivity index (χ2v) is 14.5. The fraction of sp³-hybridized carbons (Fsp3) is 0.440. The van der Waals surface area contributed by atoms with Crippen LogP contribution in [0, 0.1) is 3.70 Å². The zero-order chi connectivity index (χ0) is 25.9. The van der Waals surface area contributed by atoms with Crippen molar-refractivity contribution in [2.45, 2.75) is 25.9 Å². The zero-order valence-corrected chi connectivity index (χ0v) is 27.4. The number of morpholine rings is 1. The Kier molecular flexibility index (Phi) is 8.61. The van der Waals surface area contributed by atoms with Crippen LogP contribution in [0.2, 0.25) is 0 Å². The predicted molar refractivity (Wildman–Crippen MR) is 135 cm³/mol. The minimum atomic E-state index is -0.709. The molecule has 0 aliphatic carbocycles. The maximum atomic E-state index is 12.6. The van der Waals surface area contributed by atoms with Gasteiger partial charge in [0.1, 0.15) is 0 Å². The summed E-state index contributed by atoms with van der Waals surface area (Å²) >= 11 is -0.0232. The Morgan fingerprint density at radius 2 is 1.97 bits per heavy atom. The van der Waals surface area contributed by atoms with E-state index in [1.54, 1.807) is 0 Å². The Morgan fingerprint density at radius 1 is 1.22 bits per heavy atom. The van der Waals surface area contributed by atoms with E-state index in [1.807, 2.05) is 17.9 Å². The Bertz CT molecular complexity index is 1230. The van der Waals surface area contributed by atoms with Crippen LogP contribution in [-0.2, 0) is 14.3 Å². The maximum absolute atomic E-state index is 12.6. The molecule has 2 fully saturated rings. The molecule has 1 aromatic carbocycles. The molecule has 4 heterocycles. The minimum absolute atomic E-state index is 0.0761. The summed E-state index contributed by atoms with van der Waals surface area (Å²) in [5.74, 6) is 1.28. The number of rotatable bonds is 7. The molecular weight excluding hydrogens is 780 g/mol. The van der Waals surface area contributed by atoms with E-state index in [0.29, 0.717) is 68.0 Å². The molecule has 2 aromatic rings. The Morgan fingerprint density at radius 3 is 2.70 bits per heavy atom. The summed E-state index contributed by atoms with van der Waals surface area (Å²) < 4.78 is 14.7. The molecule has 2 saturated heterocycles. The predicted octanol–water partition coefficient (Wildman–Crippen LogP) is -2.80. The number of allylic oxidation sites excluding steroid dienone is 1. The van der Waals surface area contributed by atoms with E-state index in [-0.39, 0.29) is 17.9 Å². The fourth-order valence-electron chi connectivity index (χ4n) is 4.70. The van der Waals surface area contributed by atoms with E-state index < -0.39 is 21.2 Å². The number of anilines is 2. The number of ether oxygens (including phenoxy) is 2. The van der Waals surface area contributed by atoms with Gasteiger partial charge in [0.05, 0.1) is 13.2 Å². The molecule has 5 rings (SSSR count). The molecule has 10 nitrogen and oxygen atoms in total. The number of amides is 2. The second kappa shape index (κ2) is 11.9. The van der Waals surface area contributed by atoms with Crippen LogP contribution in [0.25, 0.3) is 5.57 Å². The van der Waals surface area contributed by atoms with Crippen molar-refractivity contribution in [3.8, 4) is 5.75 Å². The second-order valence-electron chi connectivity index (χ2n) is 9.25. The number of benzene rings is 1. The van der Waals surface area contributed by atoms with E-state index in [1.165, 1.54) is 9.45 Å². The molecule has 1 aromatic heterocycles. The number of piperidine rings is 1. The van der Waals surface area contributed by atoms with Crippen LogP contribution in [0.4, 0.5) is 11.5 Å². The summed E-state index contributed by atoms with van der Waals surface area (Å²) in [5, 5.41) is 3.45. The summed E-state index contributed by atoms with van der Waals surface area (Å²) in [6.07, 6.45) is 3.34. The van der Waals surface area contributed by atoms with E-state index in [2.05, 4.69) is 32.3 Å². The third-order valence-electron chi connectivity index (χ3n) is 6.72. The molecule has 3 aliphatic rings. The standard InChI is InChI=1S/C25H29IN6O4.Tl/c1-16-21-23(26-22(16)24(27)34)28-15-29-25(21)30-18-4-2-3-5-19(18)36-17-6-8-31(9-7-17)14-20(33)32-10-12-35-13-11-32;/h2,4-5,15,17H,6-14H2,1H3,(H2,27,34)(H,28,29,30);/q-1;. The van der Waals surface area contributed by atoms with Crippen LogP contribution >= 0.6 is 0 Å². The van der Waals surface area contributed by atoms with Gasteiger partial charge in [0.15, 0.2) is 0 Å². The molecule has 0 bridgehead atoms. The molecule has 2 amide bonds. The topological polar surface area (TPSA) is 123 Å². The first-order chi connectivity index (χ1) is 17.9. The SMILES string of the molecule is CC1=C(C(N)=O)[I-]c2ncnc(Nc3cc[c]([Tl])cc3OC3CCN(CC(=O)N4CCOCC4)CC3)c21. The summed E-state index contributed by atoms with van der Waals surface area (Å²) in [5.41, 5.74) is 8.19. The van der Waals surface area contributed by atoms with Crippen molar-refractivity contribution in [2.75, 3.05) is 51.3 Å². The quantitative estimate of drug-likeness (QED) is 0.175. The molecule has 12 heteroatoms. The fourth-order valence-corrected chi connectivity index (χ4v) is 8.31. The molecule has 0 atom stereocenters. The van der Waals surface area contributed by atoms with Crippen LogP contribution in [0.1, 0.15) is 25.3 Å². The third-order valence-corrected chi connectivity index (χ3v) is 11.3. The van der Waals surface area contributed by atoms with Crippen molar-refractivity contribution >= 4 is 57.8 Å². The average Bonchev–Trinajstić information content (AvgIpc) is 3.25. The zero-order valence-electron chi connectivity index (χ0n) is 20.7. The van der Waals surface area contributed by atoms with Crippen LogP contribution in [0.15, 0.2) is 28.1 Å². The van der Waals surface area contributed by atoms with Gasteiger partial charge < -0.3 is 4.74 Å². The van der Waals surface area contributed by atoms with Gasteiger partial charge in [0, 0.05) is 0 Å². The van der Waals surface area contributed by atoms with Crippen molar-refractivity contribution in [1.82, 2.24) is 19.8 Å². The van der Waals surface area contributed by atoms with Gasteiger partial charge in [-0.2, -0.15) is 0 Å². The van der Waals surface area contributed by atoms with Gasteiger partial charge in [-0.25, -0.2) is 0 Å². The van der Waals surface area contributed by atoms with Crippen LogP contribution in [-0.4, -0.2) is 109 Å². The molecular formula is C25H29IN6O4Tl-. The van der Waals surface area contributed by atoms with E-state index >= 15 is 0 Å². The first-order valence-corrected chi connectivity index (χ1v) is 16.7. The van der Waals surface area contributed by atoms with Crippen LogP contribution in [0.5, 0.6) is 5.75 Å². The number of aromatic nitrogens is 2. The Hall–Kier alpha value is -1.85. The van der Waals surface area contributed by atoms with Crippen molar-refractivity contribution in [1.29, 1.82) is 0 Å². The molecule has 0 spiro atoms. The Balaban J connectivity index is 1.25. The number of carbonyl (C=O) groups excluding carboxylic acids is 2. The Labute approximate surface area is 242 Å². The van der Waals surface area contributed by atoms with Gasteiger partial charge >= 0.3 is 226 Å². The first-order valence-electron chi connectivity index (χ1n) is 12.3. The van der Waals surface area contributed by atoms with Gasteiger partial charge in [0.25, 0.3) is 0 Å². The number of hydrogen-bond acceptors (Lipinski definition) is 8.